The largest absolute Gasteiger partial charge is 0.456 e. The molecule has 0 N–H and O–H groups in total. The monoisotopic (exact) mass is 613 g/mol. The van der Waals surface area contributed by atoms with Crippen LogP contribution in [0, 0.1) is 0 Å². The van der Waals surface area contributed by atoms with Gasteiger partial charge in [-0.25, -0.2) is 0 Å². The van der Waals surface area contributed by atoms with E-state index >= 15 is 0 Å². The Balaban J connectivity index is 1.17. The van der Waals surface area contributed by atoms with Crippen molar-refractivity contribution in [2.24, 2.45) is 0 Å². The molecule has 0 bridgehead atoms. The fraction of sp³-hybridized carbons (Fsp3) is 0. The van der Waals surface area contributed by atoms with E-state index in [0.29, 0.717) is 0 Å². The second kappa shape index (κ2) is 11.8. The fourth-order valence-electron chi connectivity index (χ4n) is 7.04. The molecule has 0 amide bonds. The summed E-state index contributed by atoms with van der Waals surface area (Å²) in [4.78, 5) is 2.37. The van der Waals surface area contributed by atoms with E-state index < -0.39 is 0 Å². The number of rotatable bonds is 6. The summed E-state index contributed by atoms with van der Waals surface area (Å²) in [5, 5.41) is 4.78. The standard InChI is InChI=1S/C46H31NO/c1-2-16-36(17-3-1)47(43-24-8-6-20-40(43)41-23-12-26-45-46(41)42-21-7-9-25-44(42)48-45)37-18-10-15-35(31-37)32-27-29-34(30-28-32)39-22-11-14-33-13-4-5-19-38(33)39/h1-31H. The van der Waals surface area contributed by atoms with Crippen molar-refractivity contribution in [1.82, 2.24) is 0 Å². The van der Waals surface area contributed by atoms with Crippen molar-refractivity contribution in [3.63, 3.8) is 0 Å². The Morgan fingerprint density at radius 1 is 0.354 bits per heavy atom. The zero-order valence-electron chi connectivity index (χ0n) is 26.3. The average Bonchev–Trinajstić information content (AvgIpc) is 3.55. The molecular formula is C46H31NO. The molecule has 2 nitrogen and oxygen atoms in total. The molecule has 0 unspecified atom stereocenters. The molecule has 8 aromatic carbocycles. The van der Waals surface area contributed by atoms with Crippen molar-refractivity contribution < 1.29 is 4.42 Å². The number of hydrogen-bond acceptors (Lipinski definition) is 2. The third-order valence-electron chi connectivity index (χ3n) is 9.28. The number of fused-ring (bicyclic) bond motifs is 4. The van der Waals surface area contributed by atoms with E-state index in [9.17, 15) is 0 Å². The number of nitrogens with zero attached hydrogens (tertiary/aromatic N) is 1. The number of benzene rings is 8. The summed E-state index contributed by atoms with van der Waals surface area (Å²) in [6.45, 7) is 0. The Morgan fingerprint density at radius 3 is 1.85 bits per heavy atom. The third-order valence-corrected chi connectivity index (χ3v) is 9.28. The van der Waals surface area contributed by atoms with E-state index in [1.807, 2.05) is 12.1 Å². The van der Waals surface area contributed by atoms with Gasteiger partial charge in [-0.2, -0.15) is 0 Å². The van der Waals surface area contributed by atoms with Gasteiger partial charge in [0, 0.05) is 27.7 Å². The smallest absolute Gasteiger partial charge is 0.136 e. The lowest BCUT2D eigenvalue weighted by Crippen LogP contribution is -2.11. The zero-order chi connectivity index (χ0) is 31.9. The van der Waals surface area contributed by atoms with Crippen LogP contribution in [0.1, 0.15) is 0 Å². The highest BCUT2D eigenvalue weighted by Crippen LogP contribution is 2.45. The van der Waals surface area contributed by atoms with Gasteiger partial charge in [0.05, 0.1) is 5.69 Å². The van der Waals surface area contributed by atoms with Crippen molar-refractivity contribution in [3.8, 4) is 33.4 Å². The van der Waals surface area contributed by atoms with E-state index in [-0.39, 0.29) is 0 Å². The summed E-state index contributed by atoms with van der Waals surface area (Å²) in [6.07, 6.45) is 0. The SMILES string of the molecule is c1ccc(N(c2cccc(-c3ccc(-c4cccc5ccccc45)cc3)c2)c2ccccc2-c2cccc3oc4ccccc4c23)cc1. The number of anilines is 3. The Morgan fingerprint density at radius 2 is 0.958 bits per heavy atom. The summed E-state index contributed by atoms with van der Waals surface area (Å²) in [7, 11) is 0. The first kappa shape index (κ1) is 27.9. The molecule has 0 spiro atoms. The van der Waals surface area contributed by atoms with Gasteiger partial charge in [-0.3, -0.25) is 0 Å². The van der Waals surface area contributed by atoms with Crippen LogP contribution >= 0.6 is 0 Å². The molecule has 9 aromatic rings. The van der Waals surface area contributed by atoms with Crippen molar-refractivity contribution in [2.75, 3.05) is 4.90 Å². The molecule has 2 heteroatoms. The van der Waals surface area contributed by atoms with Gasteiger partial charge in [0.2, 0.25) is 0 Å². The maximum Gasteiger partial charge on any atom is 0.136 e. The molecular weight excluding hydrogens is 583 g/mol. The second-order valence-corrected chi connectivity index (χ2v) is 12.1. The topological polar surface area (TPSA) is 16.4 Å². The van der Waals surface area contributed by atoms with Crippen molar-refractivity contribution in [1.29, 1.82) is 0 Å². The highest BCUT2D eigenvalue weighted by molar-refractivity contribution is 6.13. The van der Waals surface area contributed by atoms with Crippen LogP contribution in [0.2, 0.25) is 0 Å². The molecule has 0 aliphatic rings. The van der Waals surface area contributed by atoms with Gasteiger partial charge >= 0.3 is 0 Å². The maximum atomic E-state index is 6.29. The van der Waals surface area contributed by atoms with Gasteiger partial charge in [-0.05, 0) is 81.1 Å². The minimum Gasteiger partial charge on any atom is -0.456 e. The Bertz CT molecular complexity index is 2560. The molecule has 9 rings (SSSR count). The first-order chi connectivity index (χ1) is 23.8. The second-order valence-electron chi connectivity index (χ2n) is 12.1. The van der Waals surface area contributed by atoms with Crippen LogP contribution in [0.5, 0.6) is 0 Å². The highest BCUT2D eigenvalue weighted by atomic mass is 16.3. The molecule has 48 heavy (non-hydrogen) atoms. The summed E-state index contributed by atoms with van der Waals surface area (Å²) in [5.41, 5.74) is 12.2. The van der Waals surface area contributed by atoms with Crippen LogP contribution in [-0.4, -0.2) is 0 Å². The van der Waals surface area contributed by atoms with E-state index in [0.717, 1.165) is 50.1 Å². The number of furan rings is 1. The zero-order valence-corrected chi connectivity index (χ0v) is 26.3. The molecule has 0 atom stereocenters. The van der Waals surface area contributed by atoms with Crippen LogP contribution in [-0.2, 0) is 0 Å². The van der Waals surface area contributed by atoms with Crippen molar-refractivity contribution in [2.45, 2.75) is 0 Å². The Hall–Kier alpha value is -6.38. The molecule has 1 aromatic heterocycles. The van der Waals surface area contributed by atoms with Crippen molar-refractivity contribution in [3.05, 3.63) is 188 Å². The van der Waals surface area contributed by atoms with Crippen molar-refractivity contribution >= 4 is 49.8 Å². The lowest BCUT2D eigenvalue weighted by atomic mass is 9.95. The van der Waals surface area contributed by atoms with E-state index in [2.05, 4.69) is 181 Å². The van der Waals surface area contributed by atoms with E-state index in [4.69, 9.17) is 4.42 Å². The minimum absolute atomic E-state index is 0.892. The van der Waals surface area contributed by atoms with Gasteiger partial charge in [0.1, 0.15) is 11.2 Å². The van der Waals surface area contributed by atoms with E-state index in [1.165, 1.54) is 33.0 Å². The first-order valence-corrected chi connectivity index (χ1v) is 16.4. The predicted molar refractivity (Wildman–Crippen MR) is 202 cm³/mol. The highest BCUT2D eigenvalue weighted by Gasteiger charge is 2.20. The van der Waals surface area contributed by atoms with Gasteiger partial charge < -0.3 is 9.32 Å². The predicted octanol–water partition coefficient (Wildman–Crippen LogP) is 13.2. The van der Waals surface area contributed by atoms with E-state index in [1.54, 1.807) is 0 Å². The quantitative estimate of drug-likeness (QED) is 0.185. The molecule has 1 heterocycles. The fourth-order valence-corrected chi connectivity index (χ4v) is 7.04. The van der Waals surface area contributed by atoms with Gasteiger partial charge in [-0.15, -0.1) is 0 Å². The molecule has 226 valence electrons. The van der Waals surface area contributed by atoms with Crippen LogP contribution in [0.3, 0.4) is 0 Å². The minimum atomic E-state index is 0.892. The number of hydrogen-bond donors (Lipinski definition) is 0. The van der Waals surface area contributed by atoms with Gasteiger partial charge in [0.15, 0.2) is 0 Å². The molecule has 0 saturated heterocycles. The van der Waals surface area contributed by atoms with Gasteiger partial charge in [0.25, 0.3) is 0 Å². The van der Waals surface area contributed by atoms with Crippen LogP contribution < -0.4 is 4.90 Å². The average molecular weight is 614 g/mol. The Kier molecular flexibility index (Phi) is 6.84. The van der Waals surface area contributed by atoms with Crippen LogP contribution in [0.25, 0.3) is 66.1 Å². The lowest BCUT2D eigenvalue weighted by Gasteiger charge is -2.28. The summed E-state index contributed by atoms with van der Waals surface area (Å²) in [6, 6.07) is 66.9. The molecule has 0 radical (unpaired) electrons. The molecule has 0 aliphatic carbocycles. The van der Waals surface area contributed by atoms with Crippen LogP contribution in [0.15, 0.2) is 192 Å². The summed E-state index contributed by atoms with van der Waals surface area (Å²) in [5.74, 6) is 0. The molecule has 0 saturated carbocycles. The maximum absolute atomic E-state index is 6.29. The number of para-hydroxylation sites is 3. The molecule has 0 fully saturated rings. The third kappa shape index (κ3) is 4.83. The van der Waals surface area contributed by atoms with Gasteiger partial charge in [-0.1, -0.05) is 146 Å². The normalized spacial score (nSPS) is 11.3. The molecule has 0 aliphatic heterocycles. The summed E-state index contributed by atoms with van der Waals surface area (Å²) >= 11 is 0. The van der Waals surface area contributed by atoms with Crippen LogP contribution in [0.4, 0.5) is 17.1 Å². The first-order valence-electron chi connectivity index (χ1n) is 16.4. The summed E-state index contributed by atoms with van der Waals surface area (Å²) < 4.78 is 6.29. The lowest BCUT2D eigenvalue weighted by molar-refractivity contribution is 0.669. The Labute approximate surface area is 279 Å².